The fraction of sp³-hybridized carbons (Fsp3) is 0.400. The van der Waals surface area contributed by atoms with Gasteiger partial charge >= 0.3 is 7.12 Å². The van der Waals surface area contributed by atoms with E-state index < -0.39 is 0 Å². The predicted octanol–water partition coefficient (Wildman–Crippen LogP) is 3.01. The third kappa shape index (κ3) is 2.01. The third-order valence-electron chi connectivity index (χ3n) is 4.28. The standard InChI is InChI=1S/C15H17BO3S/c1-14(2)15(3,4)19-16(18-14)11-5-6-13-12(7-11)10(8-17)9-20-13/h5-9H,1-4H3. The van der Waals surface area contributed by atoms with E-state index >= 15 is 0 Å². The van der Waals surface area contributed by atoms with Crippen LogP contribution in [0, 0.1) is 0 Å². The first-order chi connectivity index (χ1) is 9.34. The van der Waals surface area contributed by atoms with Gasteiger partial charge in [-0.2, -0.15) is 0 Å². The predicted molar refractivity (Wildman–Crippen MR) is 82.9 cm³/mol. The second-order valence-electron chi connectivity index (χ2n) is 6.15. The van der Waals surface area contributed by atoms with E-state index in [1.807, 2.05) is 51.3 Å². The molecular weight excluding hydrogens is 271 g/mol. The Hall–Kier alpha value is -1.17. The Morgan fingerprint density at radius 1 is 1.15 bits per heavy atom. The van der Waals surface area contributed by atoms with Crippen LogP contribution in [-0.4, -0.2) is 24.6 Å². The van der Waals surface area contributed by atoms with Crippen LogP contribution in [0.1, 0.15) is 38.1 Å². The van der Waals surface area contributed by atoms with E-state index in [0.29, 0.717) is 0 Å². The Bertz CT molecular complexity index is 659. The first kappa shape index (κ1) is 13.8. The van der Waals surface area contributed by atoms with Crippen molar-refractivity contribution in [1.82, 2.24) is 0 Å². The number of hydrogen-bond acceptors (Lipinski definition) is 4. The molecule has 20 heavy (non-hydrogen) atoms. The highest BCUT2D eigenvalue weighted by atomic mass is 32.1. The van der Waals surface area contributed by atoms with E-state index in [0.717, 1.165) is 27.4 Å². The first-order valence-corrected chi connectivity index (χ1v) is 7.54. The highest BCUT2D eigenvalue weighted by Gasteiger charge is 2.51. The second-order valence-corrected chi connectivity index (χ2v) is 7.06. The molecule has 3 rings (SSSR count). The molecule has 0 radical (unpaired) electrons. The van der Waals surface area contributed by atoms with Crippen molar-refractivity contribution >= 4 is 40.3 Å². The van der Waals surface area contributed by atoms with Crippen LogP contribution in [0.25, 0.3) is 10.1 Å². The van der Waals surface area contributed by atoms with Crippen molar-refractivity contribution in [3.05, 3.63) is 29.1 Å². The molecule has 0 bridgehead atoms. The van der Waals surface area contributed by atoms with E-state index in [4.69, 9.17) is 9.31 Å². The monoisotopic (exact) mass is 288 g/mol. The van der Waals surface area contributed by atoms with E-state index in [9.17, 15) is 4.79 Å². The minimum Gasteiger partial charge on any atom is -0.399 e. The maximum atomic E-state index is 11.1. The SMILES string of the molecule is CC1(C)OB(c2ccc3scc(C=O)c3c2)OC1(C)C. The van der Waals surface area contributed by atoms with Crippen molar-refractivity contribution in [2.24, 2.45) is 0 Å². The maximum Gasteiger partial charge on any atom is 0.494 e. The van der Waals surface area contributed by atoms with Crippen LogP contribution in [0.2, 0.25) is 0 Å². The molecule has 0 unspecified atom stereocenters. The van der Waals surface area contributed by atoms with E-state index in [-0.39, 0.29) is 18.3 Å². The quantitative estimate of drug-likeness (QED) is 0.629. The minimum absolute atomic E-state index is 0.352. The summed E-state index contributed by atoms with van der Waals surface area (Å²) in [6.45, 7) is 8.14. The summed E-state index contributed by atoms with van der Waals surface area (Å²) in [5.74, 6) is 0. The van der Waals surface area contributed by atoms with Gasteiger partial charge in [0.05, 0.1) is 11.2 Å². The van der Waals surface area contributed by atoms with Crippen LogP contribution in [0.3, 0.4) is 0 Å². The Morgan fingerprint density at radius 3 is 2.40 bits per heavy atom. The van der Waals surface area contributed by atoms with Gasteiger partial charge in [0.15, 0.2) is 6.29 Å². The molecule has 0 spiro atoms. The van der Waals surface area contributed by atoms with Crippen molar-refractivity contribution in [2.45, 2.75) is 38.9 Å². The van der Waals surface area contributed by atoms with Gasteiger partial charge in [-0.15, -0.1) is 11.3 Å². The largest absolute Gasteiger partial charge is 0.494 e. The zero-order chi connectivity index (χ0) is 14.5. The van der Waals surface area contributed by atoms with Gasteiger partial charge in [0.25, 0.3) is 0 Å². The zero-order valence-corrected chi connectivity index (χ0v) is 12.9. The molecule has 1 aromatic heterocycles. The van der Waals surface area contributed by atoms with Crippen LogP contribution >= 0.6 is 11.3 Å². The van der Waals surface area contributed by atoms with Gasteiger partial charge < -0.3 is 9.31 Å². The number of carbonyl (C=O) groups excluding carboxylic acids is 1. The number of aldehydes is 1. The molecule has 1 aliphatic rings. The summed E-state index contributed by atoms with van der Waals surface area (Å²) < 4.78 is 13.2. The Balaban J connectivity index is 2.01. The number of carbonyl (C=O) groups is 1. The lowest BCUT2D eigenvalue weighted by Gasteiger charge is -2.32. The van der Waals surface area contributed by atoms with Crippen molar-refractivity contribution in [3.8, 4) is 0 Å². The van der Waals surface area contributed by atoms with Gasteiger partial charge in [-0.3, -0.25) is 4.79 Å². The number of fused-ring (bicyclic) bond motifs is 1. The molecule has 0 saturated carbocycles. The Kier molecular flexibility index (Phi) is 3.05. The zero-order valence-electron chi connectivity index (χ0n) is 12.1. The molecule has 0 N–H and O–H groups in total. The molecule has 3 nitrogen and oxygen atoms in total. The lowest BCUT2D eigenvalue weighted by atomic mass is 9.78. The number of thiophene rings is 1. The van der Waals surface area contributed by atoms with Gasteiger partial charge in [-0.1, -0.05) is 12.1 Å². The molecule has 104 valence electrons. The maximum absolute atomic E-state index is 11.1. The second kappa shape index (κ2) is 4.42. The van der Waals surface area contributed by atoms with Gasteiger partial charge in [-0.25, -0.2) is 0 Å². The van der Waals surface area contributed by atoms with Crippen LogP contribution in [0.15, 0.2) is 23.6 Å². The molecule has 0 atom stereocenters. The van der Waals surface area contributed by atoms with Gasteiger partial charge in [0.1, 0.15) is 0 Å². The van der Waals surface area contributed by atoms with Gasteiger partial charge in [0.2, 0.25) is 0 Å². The molecule has 1 saturated heterocycles. The first-order valence-electron chi connectivity index (χ1n) is 6.66. The average molecular weight is 288 g/mol. The average Bonchev–Trinajstić information content (AvgIpc) is 2.87. The molecule has 0 amide bonds. The number of rotatable bonds is 2. The summed E-state index contributed by atoms with van der Waals surface area (Å²) in [7, 11) is -0.385. The third-order valence-corrected chi connectivity index (χ3v) is 5.26. The molecule has 1 fully saturated rings. The van der Waals surface area contributed by atoms with E-state index in [1.165, 1.54) is 0 Å². The van der Waals surface area contributed by atoms with Crippen LogP contribution in [0.4, 0.5) is 0 Å². The van der Waals surface area contributed by atoms with Crippen molar-refractivity contribution < 1.29 is 14.1 Å². The summed E-state index contributed by atoms with van der Waals surface area (Å²) in [6.07, 6.45) is 0.896. The summed E-state index contributed by atoms with van der Waals surface area (Å²) in [6, 6.07) is 6.03. The highest BCUT2D eigenvalue weighted by Crippen LogP contribution is 2.36. The number of hydrogen-bond donors (Lipinski definition) is 0. The van der Waals surface area contributed by atoms with Crippen molar-refractivity contribution in [3.63, 3.8) is 0 Å². The molecular formula is C15H17BO3S. The fourth-order valence-corrected chi connectivity index (χ4v) is 3.17. The van der Waals surface area contributed by atoms with Gasteiger partial charge in [0, 0.05) is 21.0 Å². The van der Waals surface area contributed by atoms with Crippen molar-refractivity contribution in [1.29, 1.82) is 0 Å². The fourth-order valence-electron chi connectivity index (χ4n) is 2.28. The Labute approximate surface area is 123 Å². The summed E-state index contributed by atoms with van der Waals surface area (Å²) in [5.41, 5.74) is 0.977. The molecule has 5 heteroatoms. The van der Waals surface area contributed by atoms with Crippen LogP contribution < -0.4 is 5.46 Å². The summed E-state index contributed by atoms with van der Waals surface area (Å²) >= 11 is 1.58. The molecule has 0 aliphatic carbocycles. The topological polar surface area (TPSA) is 35.5 Å². The molecule has 2 aromatic rings. The highest BCUT2D eigenvalue weighted by molar-refractivity contribution is 7.17. The van der Waals surface area contributed by atoms with Crippen LogP contribution in [-0.2, 0) is 9.31 Å². The minimum atomic E-state index is -0.385. The smallest absolute Gasteiger partial charge is 0.399 e. The normalized spacial score (nSPS) is 20.5. The van der Waals surface area contributed by atoms with Crippen molar-refractivity contribution in [2.75, 3.05) is 0 Å². The lowest BCUT2D eigenvalue weighted by molar-refractivity contribution is 0.00578. The van der Waals surface area contributed by atoms with E-state index in [2.05, 4.69) is 0 Å². The Morgan fingerprint density at radius 2 is 1.80 bits per heavy atom. The molecule has 1 aliphatic heterocycles. The van der Waals surface area contributed by atoms with Gasteiger partial charge in [-0.05, 0) is 39.2 Å². The van der Waals surface area contributed by atoms with Crippen LogP contribution in [0.5, 0.6) is 0 Å². The van der Waals surface area contributed by atoms with E-state index in [1.54, 1.807) is 11.3 Å². The molecule has 1 aromatic carbocycles. The number of benzene rings is 1. The summed E-state index contributed by atoms with van der Waals surface area (Å²) in [5, 5.41) is 2.85. The lowest BCUT2D eigenvalue weighted by Crippen LogP contribution is -2.41. The summed E-state index contributed by atoms with van der Waals surface area (Å²) in [4.78, 5) is 11.1. The molecule has 2 heterocycles.